The second-order valence-electron chi connectivity index (χ2n) is 4.14. The Hall–Kier alpha value is -1.45. The molecule has 4 nitrogen and oxygen atoms in total. The van der Waals surface area contributed by atoms with E-state index in [4.69, 9.17) is 9.84 Å². The van der Waals surface area contributed by atoms with Gasteiger partial charge in [-0.05, 0) is 40.2 Å². The monoisotopic (exact) mass is 213 g/mol. The second kappa shape index (κ2) is 5.44. The molecule has 1 amide bonds. The summed E-state index contributed by atoms with van der Waals surface area (Å²) in [5.74, 6) is 0. The van der Waals surface area contributed by atoms with E-state index < -0.39 is 11.7 Å². The zero-order valence-corrected chi connectivity index (χ0v) is 9.92. The van der Waals surface area contributed by atoms with E-state index in [0.29, 0.717) is 5.70 Å². The predicted octanol–water partition coefficient (Wildman–Crippen LogP) is 2.88. The lowest BCUT2D eigenvalue weighted by Gasteiger charge is -2.20. The van der Waals surface area contributed by atoms with Crippen molar-refractivity contribution < 1.29 is 14.6 Å². The van der Waals surface area contributed by atoms with E-state index >= 15 is 0 Å². The SMILES string of the molecule is C/C=C(C)/C(=C\O)NC(=O)OC(C)(C)C. The molecule has 0 spiro atoms. The summed E-state index contributed by atoms with van der Waals surface area (Å²) in [6.07, 6.45) is 2.04. The van der Waals surface area contributed by atoms with Crippen LogP contribution >= 0.6 is 0 Å². The van der Waals surface area contributed by atoms with Crippen LogP contribution in [0.4, 0.5) is 4.79 Å². The van der Waals surface area contributed by atoms with Crippen LogP contribution in [-0.4, -0.2) is 16.8 Å². The summed E-state index contributed by atoms with van der Waals surface area (Å²) < 4.78 is 5.04. The molecule has 0 aromatic heterocycles. The Morgan fingerprint density at radius 2 is 1.93 bits per heavy atom. The summed E-state index contributed by atoms with van der Waals surface area (Å²) in [4.78, 5) is 11.3. The number of ether oxygens (including phenoxy) is 1. The van der Waals surface area contributed by atoms with Crippen LogP contribution in [0.25, 0.3) is 0 Å². The first-order valence-corrected chi connectivity index (χ1v) is 4.78. The number of hydrogen-bond acceptors (Lipinski definition) is 3. The van der Waals surface area contributed by atoms with Gasteiger partial charge in [-0.25, -0.2) is 4.79 Å². The van der Waals surface area contributed by atoms with Crippen LogP contribution in [-0.2, 0) is 4.74 Å². The Kier molecular flexibility index (Phi) is 4.91. The van der Waals surface area contributed by atoms with Crippen LogP contribution in [0.3, 0.4) is 0 Å². The molecule has 0 heterocycles. The molecule has 0 aliphatic carbocycles. The van der Waals surface area contributed by atoms with Crippen LogP contribution in [0, 0.1) is 0 Å². The molecule has 0 aliphatic rings. The second-order valence-corrected chi connectivity index (χ2v) is 4.14. The van der Waals surface area contributed by atoms with Gasteiger partial charge in [0.05, 0.1) is 5.70 Å². The van der Waals surface area contributed by atoms with Gasteiger partial charge in [-0.2, -0.15) is 0 Å². The van der Waals surface area contributed by atoms with Gasteiger partial charge in [0.2, 0.25) is 0 Å². The molecule has 0 atom stereocenters. The fraction of sp³-hybridized carbons (Fsp3) is 0.545. The van der Waals surface area contributed by atoms with Gasteiger partial charge in [-0.15, -0.1) is 0 Å². The molecule has 0 bridgehead atoms. The molecule has 4 heteroatoms. The molecule has 0 saturated heterocycles. The number of carbonyl (C=O) groups excluding carboxylic acids is 1. The van der Waals surface area contributed by atoms with Crippen LogP contribution in [0.1, 0.15) is 34.6 Å². The van der Waals surface area contributed by atoms with Crippen LogP contribution in [0.2, 0.25) is 0 Å². The molecular weight excluding hydrogens is 194 g/mol. The summed E-state index contributed by atoms with van der Waals surface area (Å²) in [5, 5.41) is 11.4. The number of hydrogen-bond donors (Lipinski definition) is 2. The lowest BCUT2D eigenvalue weighted by atomic mass is 10.2. The van der Waals surface area contributed by atoms with Crippen molar-refractivity contribution >= 4 is 6.09 Å². The van der Waals surface area contributed by atoms with E-state index in [0.717, 1.165) is 11.8 Å². The highest BCUT2D eigenvalue weighted by Crippen LogP contribution is 2.09. The number of alkyl carbamates (subject to hydrolysis) is 1. The highest BCUT2D eigenvalue weighted by molar-refractivity contribution is 5.71. The van der Waals surface area contributed by atoms with Crippen molar-refractivity contribution in [2.75, 3.05) is 0 Å². The fourth-order valence-corrected chi connectivity index (χ4v) is 0.802. The maximum atomic E-state index is 11.3. The van der Waals surface area contributed by atoms with E-state index in [-0.39, 0.29) is 0 Å². The van der Waals surface area contributed by atoms with E-state index in [1.54, 1.807) is 33.8 Å². The third kappa shape index (κ3) is 5.78. The smallest absolute Gasteiger partial charge is 0.412 e. The third-order valence-electron chi connectivity index (χ3n) is 1.62. The van der Waals surface area contributed by atoms with Crippen molar-refractivity contribution in [3.8, 4) is 0 Å². The van der Waals surface area contributed by atoms with Crippen molar-refractivity contribution in [3.63, 3.8) is 0 Å². The fourth-order valence-electron chi connectivity index (χ4n) is 0.802. The van der Waals surface area contributed by atoms with Crippen molar-refractivity contribution in [1.29, 1.82) is 0 Å². The number of aliphatic hydroxyl groups is 1. The third-order valence-corrected chi connectivity index (χ3v) is 1.62. The van der Waals surface area contributed by atoms with Gasteiger partial charge in [0, 0.05) is 0 Å². The highest BCUT2D eigenvalue weighted by atomic mass is 16.6. The first kappa shape index (κ1) is 13.5. The minimum absolute atomic E-state index is 0.340. The zero-order chi connectivity index (χ0) is 12.1. The predicted molar refractivity (Wildman–Crippen MR) is 59.5 cm³/mol. The van der Waals surface area contributed by atoms with E-state index in [2.05, 4.69) is 5.32 Å². The van der Waals surface area contributed by atoms with Gasteiger partial charge in [-0.3, -0.25) is 5.32 Å². The number of carbonyl (C=O) groups is 1. The number of allylic oxidation sites excluding steroid dienone is 2. The molecule has 0 saturated carbocycles. The maximum Gasteiger partial charge on any atom is 0.412 e. The number of rotatable bonds is 2. The lowest BCUT2D eigenvalue weighted by Crippen LogP contribution is -2.32. The Morgan fingerprint density at radius 3 is 2.27 bits per heavy atom. The Bertz CT molecular complexity index is 285. The van der Waals surface area contributed by atoms with Crippen molar-refractivity contribution in [3.05, 3.63) is 23.6 Å². The zero-order valence-electron chi connectivity index (χ0n) is 9.92. The largest absolute Gasteiger partial charge is 0.513 e. The standard InChI is InChI=1S/C11H19NO3/c1-6-8(2)9(7-13)12-10(14)15-11(3,4)5/h6-7,13H,1-5H3,(H,12,14)/b8-6+,9-7+. The van der Waals surface area contributed by atoms with Gasteiger partial charge in [0.15, 0.2) is 0 Å². The summed E-state index contributed by atoms with van der Waals surface area (Å²) in [7, 11) is 0. The van der Waals surface area contributed by atoms with Crippen molar-refractivity contribution in [2.24, 2.45) is 0 Å². The van der Waals surface area contributed by atoms with Gasteiger partial charge in [0.25, 0.3) is 0 Å². The van der Waals surface area contributed by atoms with E-state index in [1.165, 1.54) is 0 Å². The summed E-state index contributed by atoms with van der Waals surface area (Å²) in [6.45, 7) is 8.92. The summed E-state index contributed by atoms with van der Waals surface area (Å²) in [5.41, 5.74) is 0.559. The number of aliphatic hydroxyl groups excluding tert-OH is 1. The van der Waals surface area contributed by atoms with Crippen LogP contribution < -0.4 is 5.32 Å². The molecule has 0 aromatic carbocycles. The normalized spacial score (nSPS) is 13.7. The van der Waals surface area contributed by atoms with Crippen LogP contribution in [0.15, 0.2) is 23.6 Å². The minimum atomic E-state index is -0.580. The van der Waals surface area contributed by atoms with Gasteiger partial charge in [0.1, 0.15) is 11.9 Å². The molecule has 0 radical (unpaired) electrons. The van der Waals surface area contributed by atoms with E-state index in [1.807, 2.05) is 6.92 Å². The molecule has 86 valence electrons. The first-order chi connectivity index (χ1) is 6.80. The number of amides is 1. The quantitative estimate of drug-likeness (QED) is 0.547. The minimum Gasteiger partial charge on any atom is -0.513 e. The molecule has 0 unspecified atom stereocenters. The molecule has 15 heavy (non-hydrogen) atoms. The average molecular weight is 213 g/mol. The topological polar surface area (TPSA) is 58.6 Å². The molecule has 2 N–H and O–H groups in total. The Morgan fingerprint density at radius 1 is 1.40 bits per heavy atom. The molecule has 0 aliphatic heterocycles. The molecule has 0 fully saturated rings. The Balaban J connectivity index is 4.41. The number of nitrogens with one attached hydrogen (secondary N) is 1. The van der Waals surface area contributed by atoms with E-state index in [9.17, 15) is 4.79 Å². The van der Waals surface area contributed by atoms with Crippen LogP contribution in [0.5, 0.6) is 0 Å². The maximum absolute atomic E-state index is 11.3. The lowest BCUT2D eigenvalue weighted by molar-refractivity contribution is 0.0545. The van der Waals surface area contributed by atoms with Gasteiger partial charge >= 0.3 is 6.09 Å². The average Bonchev–Trinajstić information content (AvgIpc) is 2.10. The van der Waals surface area contributed by atoms with Crippen molar-refractivity contribution in [2.45, 2.75) is 40.2 Å². The summed E-state index contributed by atoms with van der Waals surface area (Å²) in [6, 6.07) is 0. The molecule has 0 aromatic rings. The molecule has 0 rings (SSSR count). The first-order valence-electron chi connectivity index (χ1n) is 4.78. The summed E-state index contributed by atoms with van der Waals surface area (Å²) >= 11 is 0. The highest BCUT2D eigenvalue weighted by Gasteiger charge is 2.17. The Labute approximate surface area is 90.6 Å². The molecular formula is C11H19NO3. The van der Waals surface area contributed by atoms with Gasteiger partial charge < -0.3 is 9.84 Å². The van der Waals surface area contributed by atoms with Gasteiger partial charge in [-0.1, -0.05) is 6.08 Å². The van der Waals surface area contributed by atoms with Crippen molar-refractivity contribution in [1.82, 2.24) is 5.32 Å².